The summed E-state index contributed by atoms with van der Waals surface area (Å²) in [6, 6.07) is 11.8. The maximum atomic E-state index is 14.9. The van der Waals surface area contributed by atoms with E-state index in [0.717, 1.165) is 6.26 Å². The standard InChI is InChI=1S/C24H19F2NO5S/c1-14-18-9-8-17(31-23-20(25)7-4-10-27-23)12-21(18)32-24(28)19(14)11-15-5-3-6-16(22(15)26)13-33(2,29)30/h3-10,12H,11,13H2,1-2H3. The summed E-state index contributed by atoms with van der Waals surface area (Å²) >= 11 is 0. The van der Waals surface area contributed by atoms with Crippen LogP contribution in [0.4, 0.5) is 8.78 Å². The molecule has 0 spiro atoms. The minimum atomic E-state index is -3.42. The Morgan fingerprint density at radius 3 is 2.55 bits per heavy atom. The molecule has 0 saturated carbocycles. The van der Waals surface area contributed by atoms with Crippen molar-refractivity contribution in [2.75, 3.05) is 6.26 Å². The highest BCUT2D eigenvalue weighted by atomic mass is 32.2. The molecule has 33 heavy (non-hydrogen) atoms. The Balaban J connectivity index is 1.70. The summed E-state index contributed by atoms with van der Waals surface area (Å²) in [7, 11) is -3.42. The highest BCUT2D eigenvalue weighted by Crippen LogP contribution is 2.29. The molecule has 4 aromatic rings. The van der Waals surface area contributed by atoms with Crippen LogP contribution in [0.2, 0.25) is 0 Å². The zero-order valence-corrected chi connectivity index (χ0v) is 18.6. The van der Waals surface area contributed by atoms with Crippen LogP contribution in [0.5, 0.6) is 11.6 Å². The summed E-state index contributed by atoms with van der Waals surface area (Å²) < 4.78 is 62.7. The Morgan fingerprint density at radius 2 is 1.82 bits per heavy atom. The van der Waals surface area contributed by atoms with Crippen molar-refractivity contribution in [3.8, 4) is 11.6 Å². The Hall–Kier alpha value is -3.59. The maximum absolute atomic E-state index is 14.9. The molecule has 4 rings (SSSR count). The summed E-state index contributed by atoms with van der Waals surface area (Å²) in [6.45, 7) is 1.71. The van der Waals surface area contributed by atoms with Crippen molar-refractivity contribution in [1.29, 1.82) is 0 Å². The van der Waals surface area contributed by atoms with Crippen molar-refractivity contribution < 1.29 is 26.4 Å². The van der Waals surface area contributed by atoms with E-state index in [9.17, 15) is 22.0 Å². The molecule has 2 aromatic heterocycles. The molecule has 2 aromatic carbocycles. The van der Waals surface area contributed by atoms with Gasteiger partial charge >= 0.3 is 5.63 Å². The highest BCUT2D eigenvalue weighted by Gasteiger charge is 2.18. The number of rotatable bonds is 6. The Morgan fingerprint density at radius 1 is 1.06 bits per heavy atom. The number of fused-ring (bicyclic) bond motifs is 1. The minimum absolute atomic E-state index is 0.0429. The zero-order chi connectivity index (χ0) is 23.8. The summed E-state index contributed by atoms with van der Waals surface area (Å²) in [4.78, 5) is 16.5. The van der Waals surface area contributed by atoms with Crippen molar-refractivity contribution in [3.63, 3.8) is 0 Å². The fourth-order valence-electron chi connectivity index (χ4n) is 3.55. The van der Waals surface area contributed by atoms with E-state index < -0.39 is 32.9 Å². The predicted molar refractivity (Wildman–Crippen MR) is 119 cm³/mol. The van der Waals surface area contributed by atoms with Gasteiger partial charge in [-0.1, -0.05) is 18.2 Å². The number of ether oxygens (including phenoxy) is 1. The van der Waals surface area contributed by atoms with Crippen molar-refractivity contribution in [2.24, 2.45) is 0 Å². The zero-order valence-electron chi connectivity index (χ0n) is 17.8. The van der Waals surface area contributed by atoms with Crippen molar-refractivity contribution >= 4 is 20.8 Å². The van der Waals surface area contributed by atoms with E-state index in [1.165, 1.54) is 36.5 Å². The SMILES string of the molecule is Cc1c(Cc2cccc(CS(C)(=O)=O)c2F)c(=O)oc2cc(Oc3ncccc3F)ccc12. The number of hydrogen-bond donors (Lipinski definition) is 0. The van der Waals surface area contributed by atoms with Gasteiger partial charge in [-0.2, -0.15) is 0 Å². The predicted octanol–water partition coefficient (Wildman–Crippen LogP) is 4.70. The van der Waals surface area contributed by atoms with Crippen molar-refractivity contribution in [3.05, 3.63) is 99.0 Å². The lowest BCUT2D eigenvalue weighted by Crippen LogP contribution is -2.12. The monoisotopic (exact) mass is 471 g/mol. The van der Waals surface area contributed by atoms with Crippen LogP contribution in [0.1, 0.15) is 22.3 Å². The van der Waals surface area contributed by atoms with E-state index in [1.807, 2.05) is 0 Å². The molecule has 0 radical (unpaired) electrons. The van der Waals surface area contributed by atoms with Gasteiger partial charge < -0.3 is 9.15 Å². The van der Waals surface area contributed by atoms with E-state index >= 15 is 0 Å². The topological polar surface area (TPSA) is 86.5 Å². The van der Waals surface area contributed by atoms with Crippen LogP contribution in [-0.4, -0.2) is 19.7 Å². The number of aryl methyl sites for hydroxylation is 1. The van der Waals surface area contributed by atoms with Gasteiger partial charge in [0.25, 0.3) is 5.88 Å². The van der Waals surface area contributed by atoms with E-state index in [2.05, 4.69) is 4.98 Å². The first-order valence-electron chi connectivity index (χ1n) is 9.91. The number of nitrogens with zero attached hydrogens (tertiary/aromatic N) is 1. The molecule has 170 valence electrons. The Bertz CT molecular complexity index is 1530. The van der Waals surface area contributed by atoms with Gasteiger partial charge in [0.15, 0.2) is 15.7 Å². The lowest BCUT2D eigenvalue weighted by Gasteiger charge is -2.11. The van der Waals surface area contributed by atoms with Gasteiger partial charge in [-0.25, -0.2) is 27.0 Å². The molecular formula is C24H19F2NO5S. The van der Waals surface area contributed by atoms with Crippen LogP contribution in [0.25, 0.3) is 11.0 Å². The van der Waals surface area contributed by atoms with E-state index in [0.29, 0.717) is 10.9 Å². The molecule has 0 saturated heterocycles. The third-order valence-corrected chi connectivity index (χ3v) is 5.98. The second kappa shape index (κ2) is 8.74. The quantitative estimate of drug-likeness (QED) is 0.379. The van der Waals surface area contributed by atoms with Crippen LogP contribution in [0.3, 0.4) is 0 Å². The Labute approximate surface area is 188 Å². The smallest absolute Gasteiger partial charge is 0.340 e. The fourth-order valence-corrected chi connectivity index (χ4v) is 4.34. The molecule has 0 amide bonds. The third-order valence-electron chi connectivity index (χ3n) is 5.14. The van der Waals surface area contributed by atoms with E-state index in [1.54, 1.807) is 25.1 Å². The molecule has 0 fully saturated rings. The summed E-state index contributed by atoms with van der Waals surface area (Å²) in [5.74, 6) is -1.71. The summed E-state index contributed by atoms with van der Waals surface area (Å²) in [6.07, 6.45) is 2.35. The number of hydrogen-bond acceptors (Lipinski definition) is 6. The second-order valence-corrected chi connectivity index (χ2v) is 9.82. The molecule has 6 nitrogen and oxygen atoms in total. The molecular weight excluding hydrogens is 452 g/mol. The van der Waals surface area contributed by atoms with Gasteiger partial charge in [-0.05, 0) is 42.3 Å². The first-order valence-corrected chi connectivity index (χ1v) is 12.0. The van der Waals surface area contributed by atoms with Gasteiger partial charge in [-0.15, -0.1) is 0 Å². The number of halogens is 2. The van der Waals surface area contributed by atoms with Gasteiger partial charge in [-0.3, -0.25) is 0 Å². The molecule has 0 atom stereocenters. The fraction of sp³-hybridized carbons (Fsp3) is 0.167. The highest BCUT2D eigenvalue weighted by molar-refractivity contribution is 7.89. The number of benzene rings is 2. The van der Waals surface area contributed by atoms with Gasteiger partial charge in [0, 0.05) is 41.5 Å². The maximum Gasteiger partial charge on any atom is 0.340 e. The number of aromatic nitrogens is 1. The molecule has 0 unspecified atom stereocenters. The average Bonchev–Trinajstić information content (AvgIpc) is 2.74. The van der Waals surface area contributed by atoms with Crippen LogP contribution < -0.4 is 10.4 Å². The minimum Gasteiger partial charge on any atom is -0.436 e. The van der Waals surface area contributed by atoms with E-state index in [4.69, 9.17) is 9.15 Å². The van der Waals surface area contributed by atoms with Crippen LogP contribution in [0.15, 0.2) is 63.9 Å². The lowest BCUT2D eigenvalue weighted by molar-refractivity contribution is 0.422. The van der Waals surface area contributed by atoms with Gasteiger partial charge in [0.05, 0.1) is 5.75 Å². The van der Waals surface area contributed by atoms with Crippen molar-refractivity contribution in [1.82, 2.24) is 4.98 Å². The van der Waals surface area contributed by atoms with Crippen LogP contribution in [-0.2, 0) is 22.0 Å². The first kappa shape index (κ1) is 22.6. The third kappa shape index (κ3) is 4.93. The van der Waals surface area contributed by atoms with E-state index in [-0.39, 0.29) is 40.3 Å². The average molecular weight is 471 g/mol. The molecule has 9 heteroatoms. The summed E-state index contributed by atoms with van der Waals surface area (Å²) in [5.41, 5.74) is 0.639. The molecule has 0 aliphatic heterocycles. The normalized spacial score (nSPS) is 11.6. The van der Waals surface area contributed by atoms with Crippen molar-refractivity contribution in [2.45, 2.75) is 19.1 Å². The van der Waals surface area contributed by atoms with Crippen LogP contribution in [0, 0.1) is 18.6 Å². The van der Waals surface area contributed by atoms with Gasteiger partial charge in [0.2, 0.25) is 0 Å². The summed E-state index contributed by atoms with van der Waals surface area (Å²) in [5, 5.41) is 0.603. The molecule has 0 aliphatic carbocycles. The second-order valence-electron chi connectivity index (χ2n) is 7.68. The molecule has 0 bridgehead atoms. The number of sulfone groups is 1. The largest absolute Gasteiger partial charge is 0.436 e. The number of pyridine rings is 1. The van der Waals surface area contributed by atoms with Crippen LogP contribution >= 0.6 is 0 Å². The molecule has 0 N–H and O–H groups in total. The first-order chi connectivity index (χ1) is 15.6. The molecule has 0 aliphatic rings. The Kier molecular flexibility index (Phi) is 5.99. The molecule has 2 heterocycles. The lowest BCUT2D eigenvalue weighted by atomic mass is 9.98. The van der Waals surface area contributed by atoms with Gasteiger partial charge in [0.1, 0.15) is 17.1 Å².